The number of amidine groups is 1. The van der Waals surface area contributed by atoms with Gasteiger partial charge < -0.3 is 14.8 Å². The van der Waals surface area contributed by atoms with E-state index < -0.39 is 43.8 Å². The Morgan fingerprint density at radius 3 is 2.57 bits per heavy atom. The van der Waals surface area contributed by atoms with Crippen molar-refractivity contribution in [2.75, 3.05) is 22.6 Å². The summed E-state index contributed by atoms with van der Waals surface area (Å²) in [5, 5.41) is 6.53. The van der Waals surface area contributed by atoms with Crippen molar-refractivity contribution in [3.8, 4) is 22.8 Å². The van der Waals surface area contributed by atoms with Crippen LogP contribution in [0.3, 0.4) is 0 Å². The molecule has 0 atom stereocenters. The fourth-order valence-corrected chi connectivity index (χ4v) is 5.11. The number of thioether (sulfide) groups is 1. The number of benzene rings is 3. The van der Waals surface area contributed by atoms with Crippen LogP contribution in [0.4, 0.5) is 42.5 Å². The fraction of sp³-hybridized carbons (Fsp3) is 0.207. The van der Waals surface area contributed by atoms with Gasteiger partial charge in [-0.3, -0.25) is 9.69 Å². The summed E-state index contributed by atoms with van der Waals surface area (Å²) in [4.78, 5) is 34.7. The van der Waals surface area contributed by atoms with Crippen LogP contribution in [0.25, 0.3) is 17.1 Å². The zero-order chi connectivity index (χ0) is 33.0. The van der Waals surface area contributed by atoms with Crippen molar-refractivity contribution < 1.29 is 45.4 Å². The Morgan fingerprint density at radius 2 is 1.87 bits per heavy atom. The maximum Gasteiger partial charge on any atom is 0.411 e. The van der Waals surface area contributed by atoms with E-state index in [1.807, 2.05) is 0 Å². The van der Waals surface area contributed by atoms with Crippen molar-refractivity contribution in [1.82, 2.24) is 14.8 Å². The maximum absolute atomic E-state index is 15.0. The van der Waals surface area contributed by atoms with E-state index in [4.69, 9.17) is 4.74 Å². The molecule has 0 aliphatic carbocycles. The Labute approximate surface area is 261 Å². The molecule has 10 nitrogen and oxygen atoms in total. The molecule has 1 N–H and O–H groups in total. The van der Waals surface area contributed by atoms with Crippen molar-refractivity contribution >= 4 is 40.2 Å². The van der Waals surface area contributed by atoms with Crippen LogP contribution in [0.5, 0.6) is 5.75 Å². The second-order valence-electron chi connectivity index (χ2n) is 9.66. The van der Waals surface area contributed by atoms with Gasteiger partial charge in [-0.1, -0.05) is 23.9 Å². The van der Waals surface area contributed by atoms with Gasteiger partial charge in [0.2, 0.25) is 5.91 Å². The number of nitrogens with zero attached hydrogens (tertiary/aromatic N) is 5. The number of rotatable bonds is 9. The minimum Gasteiger partial charge on any atom is -0.435 e. The third-order valence-corrected chi connectivity index (χ3v) is 7.18. The van der Waals surface area contributed by atoms with E-state index in [2.05, 4.69) is 25.1 Å². The van der Waals surface area contributed by atoms with E-state index in [1.54, 1.807) is 19.1 Å². The smallest absolute Gasteiger partial charge is 0.411 e. The SMILES string of the molecule is Cc1ccc(COCC(F)(F)F)c(N2C(=O)CS/C2=N\C(=O)Nc2ccc(-c3ncn(-c4ccc(OC(F)F)cc4)n3)cc2F)c1. The van der Waals surface area contributed by atoms with E-state index in [1.165, 1.54) is 53.5 Å². The van der Waals surface area contributed by atoms with E-state index >= 15 is 4.39 Å². The van der Waals surface area contributed by atoms with Gasteiger partial charge in [0, 0.05) is 11.1 Å². The van der Waals surface area contributed by atoms with Gasteiger partial charge in [0.05, 0.1) is 29.4 Å². The second-order valence-corrected chi connectivity index (χ2v) is 10.6. The Hall–Kier alpha value is -4.90. The number of aromatic nitrogens is 3. The normalized spacial score (nSPS) is 14.4. The van der Waals surface area contributed by atoms with E-state index in [9.17, 15) is 31.5 Å². The van der Waals surface area contributed by atoms with Crippen molar-refractivity contribution in [2.45, 2.75) is 26.3 Å². The van der Waals surface area contributed by atoms with Gasteiger partial charge >= 0.3 is 18.8 Å². The molecule has 0 saturated carbocycles. The number of halogens is 6. The van der Waals surface area contributed by atoms with Gasteiger partial charge in [-0.05, 0) is 61.0 Å². The van der Waals surface area contributed by atoms with Gasteiger partial charge in [0.1, 0.15) is 24.5 Å². The summed E-state index contributed by atoms with van der Waals surface area (Å²) < 4.78 is 88.0. The number of carbonyl (C=O) groups is 2. The monoisotopic (exact) mass is 664 g/mol. The number of alkyl halides is 5. The zero-order valence-electron chi connectivity index (χ0n) is 23.6. The molecule has 46 heavy (non-hydrogen) atoms. The first-order valence-corrected chi connectivity index (χ1v) is 14.2. The predicted octanol–water partition coefficient (Wildman–Crippen LogP) is 6.73. The number of anilines is 2. The van der Waals surface area contributed by atoms with Gasteiger partial charge in [0.25, 0.3) is 0 Å². The fourth-order valence-electron chi connectivity index (χ4n) is 4.25. The highest BCUT2D eigenvalue weighted by Crippen LogP contribution is 2.32. The predicted molar refractivity (Wildman–Crippen MR) is 157 cm³/mol. The molecule has 1 aliphatic rings. The van der Waals surface area contributed by atoms with E-state index in [-0.39, 0.29) is 45.0 Å². The summed E-state index contributed by atoms with van der Waals surface area (Å²) in [6.07, 6.45) is -3.19. The molecule has 0 radical (unpaired) electrons. The molecule has 17 heteroatoms. The van der Waals surface area contributed by atoms with Crippen LogP contribution in [-0.4, -0.2) is 57.0 Å². The summed E-state index contributed by atoms with van der Waals surface area (Å²) >= 11 is 0.934. The highest BCUT2D eigenvalue weighted by atomic mass is 32.2. The van der Waals surface area contributed by atoms with Crippen molar-refractivity contribution in [1.29, 1.82) is 0 Å². The first kappa shape index (κ1) is 32.5. The highest BCUT2D eigenvalue weighted by Gasteiger charge is 2.33. The van der Waals surface area contributed by atoms with Crippen LogP contribution in [0.2, 0.25) is 0 Å². The summed E-state index contributed by atoms with van der Waals surface area (Å²) in [6.45, 7) is -3.17. The summed E-state index contributed by atoms with van der Waals surface area (Å²) in [6, 6.07) is 13.1. The van der Waals surface area contributed by atoms with Crippen LogP contribution >= 0.6 is 11.8 Å². The molecule has 1 saturated heterocycles. The molecule has 240 valence electrons. The molecule has 3 amide bonds. The van der Waals surface area contributed by atoms with Crippen molar-refractivity contribution in [2.24, 2.45) is 4.99 Å². The van der Waals surface area contributed by atoms with Gasteiger partial charge in [-0.2, -0.15) is 26.9 Å². The molecular weight excluding hydrogens is 642 g/mol. The Kier molecular flexibility index (Phi) is 9.62. The van der Waals surface area contributed by atoms with Crippen LogP contribution in [-0.2, 0) is 16.1 Å². The second kappa shape index (κ2) is 13.6. The first-order chi connectivity index (χ1) is 21.9. The van der Waals surface area contributed by atoms with Gasteiger partial charge in [0.15, 0.2) is 11.0 Å². The molecule has 1 fully saturated rings. The number of nitrogens with one attached hydrogen (secondary N) is 1. The Bertz CT molecular complexity index is 1780. The summed E-state index contributed by atoms with van der Waals surface area (Å²) in [5.41, 5.74) is 1.69. The molecule has 0 spiro atoms. The average Bonchev–Trinajstić information content (AvgIpc) is 3.61. The lowest BCUT2D eigenvalue weighted by Gasteiger charge is -2.21. The molecule has 3 aromatic carbocycles. The molecule has 0 unspecified atom stereocenters. The number of carbonyl (C=O) groups excluding carboxylic acids is 2. The third-order valence-electron chi connectivity index (χ3n) is 6.25. The quantitative estimate of drug-likeness (QED) is 0.198. The summed E-state index contributed by atoms with van der Waals surface area (Å²) in [5.74, 6) is -1.29. The zero-order valence-corrected chi connectivity index (χ0v) is 24.4. The first-order valence-electron chi connectivity index (χ1n) is 13.2. The standard InChI is InChI=1S/C29H22F6N6O4S/c1-16-2-3-18(12-44-14-29(33,34)35)23(10-16)41-24(42)13-46-28(41)38-27(43)37-22-9-4-17(11-21(22)30)25-36-15-40(39-25)19-5-7-20(8-6-19)45-26(31)32/h2-11,15,26H,12-14H2,1H3,(H,37,43)/b38-28-. The highest BCUT2D eigenvalue weighted by molar-refractivity contribution is 8.15. The van der Waals surface area contributed by atoms with Crippen LogP contribution in [0.15, 0.2) is 72.0 Å². The lowest BCUT2D eigenvalue weighted by Crippen LogP contribution is -2.31. The minimum atomic E-state index is -4.54. The number of hydrogen-bond donors (Lipinski definition) is 1. The van der Waals surface area contributed by atoms with Crippen LogP contribution < -0.4 is 15.0 Å². The molecule has 5 rings (SSSR count). The topological polar surface area (TPSA) is 111 Å². The number of hydrogen-bond acceptors (Lipinski definition) is 7. The molecule has 0 bridgehead atoms. The molecule has 4 aromatic rings. The van der Waals surface area contributed by atoms with E-state index in [0.29, 0.717) is 11.3 Å². The molecular formula is C29H22F6N6O4S. The number of urea groups is 1. The van der Waals surface area contributed by atoms with Crippen molar-refractivity contribution in [3.63, 3.8) is 0 Å². The molecule has 2 heterocycles. The average molecular weight is 665 g/mol. The maximum atomic E-state index is 15.0. The lowest BCUT2D eigenvalue weighted by molar-refractivity contribution is -0.176. The Morgan fingerprint density at radius 1 is 1.11 bits per heavy atom. The molecule has 1 aromatic heterocycles. The minimum absolute atomic E-state index is 0.0378. The van der Waals surface area contributed by atoms with Crippen molar-refractivity contribution in [3.05, 3.63) is 83.9 Å². The number of amides is 3. The lowest BCUT2D eigenvalue weighted by atomic mass is 10.1. The number of aryl methyl sites for hydroxylation is 1. The number of aliphatic imine (C=N–C) groups is 1. The summed E-state index contributed by atoms with van der Waals surface area (Å²) in [7, 11) is 0. The largest absolute Gasteiger partial charge is 0.435 e. The van der Waals surface area contributed by atoms with Gasteiger partial charge in [-0.25, -0.2) is 18.9 Å². The Balaban J connectivity index is 1.29. The number of ether oxygens (including phenoxy) is 2. The van der Waals surface area contributed by atoms with Crippen LogP contribution in [0, 0.1) is 12.7 Å². The van der Waals surface area contributed by atoms with E-state index in [0.717, 1.165) is 22.7 Å². The molecule has 1 aliphatic heterocycles. The van der Waals surface area contributed by atoms with Gasteiger partial charge in [-0.15, -0.1) is 5.10 Å². The third kappa shape index (κ3) is 8.02. The van der Waals surface area contributed by atoms with Crippen LogP contribution in [0.1, 0.15) is 11.1 Å².